The van der Waals surface area contributed by atoms with Gasteiger partial charge < -0.3 is 5.11 Å². The minimum absolute atomic E-state index is 0.147. The first-order valence-electron chi connectivity index (χ1n) is 10.8. The molecule has 2 aliphatic carbocycles. The molecule has 0 amide bonds. The molecule has 0 bridgehead atoms. The van der Waals surface area contributed by atoms with E-state index in [9.17, 15) is 26.7 Å². The number of alkyl halides is 3. The Labute approximate surface area is 190 Å². The lowest BCUT2D eigenvalue weighted by molar-refractivity contribution is -0.137. The molecule has 3 nitrogen and oxygen atoms in total. The van der Waals surface area contributed by atoms with E-state index < -0.39 is 44.3 Å². The number of benzene rings is 3. The van der Waals surface area contributed by atoms with E-state index in [1.54, 1.807) is 6.92 Å². The number of halogens is 3. The Hall–Kier alpha value is -2.64. The van der Waals surface area contributed by atoms with Crippen LogP contribution >= 0.6 is 0 Å². The Morgan fingerprint density at radius 1 is 1.03 bits per heavy atom. The van der Waals surface area contributed by atoms with E-state index >= 15 is 0 Å². The van der Waals surface area contributed by atoms with Crippen LogP contribution in [0.15, 0.2) is 71.6 Å². The van der Waals surface area contributed by atoms with Gasteiger partial charge >= 0.3 is 6.18 Å². The van der Waals surface area contributed by atoms with Gasteiger partial charge in [-0.1, -0.05) is 54.6 Å². The van der Waals surface area contributed by atoms with Crippen molar-refractivity contribution in [1.82, 2.24) is 0 Å². The first-order chi connectivity index (χ1) is 15.5. The third kappa shape index (κ3) is 3.32. The molecule has 0 aliphatic heterocycles. The lowest BCUT2D eigenvalue weighted by Crippen LogP contribution is -2.51. The van der Waals surface area contributed by atoms with Gasteiger partial charge in [-0.15, -0.1) is 0 Å². The van der Waals surface area contributed by atoms with E-state index in [1.165, 1.54) is 6.07 Å². The predicted octanol–water partition coefficient (Wildman–Crippen LogP) is 5.97. The summed E-state index contributed by atoms with van der Waals surface area (Å²) in [6, 6.07) is 15.6. The van der Waals surface area contributed by atoms with Crippen LogP contribution in [0.25, 0.3) is 16.8 Å². The highest BCUT2D eigenvalue weighted by Crippen LogP contribution is 2.54. The van der Waals surface area contributed by atoms with Gasteiger partial charge in [-0.3, -0.25) is 0 Å². The van der Waals surface area contributed by atoms with Crippen molar-refractivity contribution in [3.05, 3.63) is 83.4 Å². The molecule has 2 aliphatic rings. The number of fused-ring (bicyclic) bond motifs is 5. The van der Waals surface area contributed by atoms with Crippen LogP contribution in [-0.4, -0.2) is 24.4 Å². The highest BCUT2D eigenvalue weighted by Gasteiger charge is 2.55. The second-order valence-electron chi connectivity index (χ2n) is 9.15. The Bertz CT molecular complexity index is 1380. The van der Waals surface area contributed by atoms with Crippen LogP contribution in [0.3, 0.4) is 0 Å². The molecule has 3 aromatic carbocycles. The standard InChI is InChI=1S/C26H23F3O3S/c1-25(33(31,32)18-7-4-6-17(15-18)26(27,28)29)14-13-23(30)22-12-11-20-19-8-3-2-5-16(19)9-10-21(20)24(22)25/h2-12,15,22-24,30H,13-14H2,1H3. The zero-order valence-corrected chi connectivity index (χ0v) is 18.7. The summed E-state index contributed by atoms with van der Waals surface area (Å²) >= 11 is 0. The Morgan fingerprint density at radius 2 is 1.79 bits per heavy atom. The molecule has 0 saturated heterocycles. The zero-order chi connectivity index (χ0) is 23.6. The van der Waals surface area contributed by atoms with Crippen LogP contribution in [-0.2, 0) is 16.0 Å². The molecule has 1 fully saturated rings. The second-order valence-corrected chi connectivity index (χ2v) is 11.6. The molecule has 3 aromatic rings. The monoisotopic (exact) mass is 472 g/mol. The molecule has 4 atom stereocenters. The molecule has 0 radical (unpaired) electrons. The molecular formula is C26H23F3O3S. The summed E-state index contributed by atoms with van der Waals surface area (Å²) in [5.74, 6) is -1.04. The lowest BCUT2D eigenvalue weighted by atomic mass is 9.64. The maximum Gasteiger partial charge on any atom is 0.416 e. The second kappa shape index (κ2) is 7.43. The largest absolute Gasteiger partial charge is 0.416 e. The molecule has 172 valence electrons. The van der Waals surface area contributed by atoms with Crippen LogP contribution in [0.5, 0.6) is 0 Å². The predicted molar refractivity (Wildman–Crippen MR) is 121 cm³/mol. The fourth-order valence-corrected chi connectivity index (χ4v) is 7.66. The van der Waals surface area contributed by atoms with E-state index in [2.05, 4.69) is 0 Å². The molecule has 0 heterocycles. The molecule has 4 unspecified atom stereocenters. The summed E-state index contributed by atoms with van der Waals surface area (Å²) < 4.78 is 66.5. The van der Waals surface area contributed by atoms with E-state index in [4.69, 9.17) is 0 Å². The number of hydrogen-bond acceptors (Lipinski definition) is 3. The van der Waals surface area contributed by atoms with Crippen molar-refractivity contribution >= 4 is 26.7 Å². The number of aliphatic hydroxyl groups is 1. The van der Waals surface area contributed by atoms with Crippen molar-refractivity contribution in [1.29, 1.82) is 0 Å². The first kappa shape index (κ1) is 22.2. The van der Waals surface area contributed by atoms with E-state index in [0.717, 1.165) is 40.1 Å². The Kier molecular flexibility index (Phi) is 4.99. The van der Waals surface area contributed by atoms with Gasteiger partial charge in [0.2, 0.25) is 0 Å². The maximum absolute atomic E-state index is 14.0. The van der Waals surface area contributed by atoms with Gasteiger partial charge in [0.15, 0.2) is 9.84 Å². The Morgan fingerprint density at radius 3 is 2.55 bits per heavy atom. The average Bonchev–Trinajstić information content (AvgIpc) is 2.80. The molecule has 5 rings (SSSR count). The molecule has 7 heteroatoms. The van der Waals surface area contributed by atoms with Crippen molar-refractivity contribution in [2.24, 2.45) is 5.92 Å². The quantitative estimate of drug-likeness (QED) is 0.500. The smallest absolute Gasteiger partial charge is 0.392 e. The van der Waals surface area contributed by atoms with Crippen molar-refractivity contribution in [2.75, 3.05) is 0 Å². The van der Waals surface area contributed by atoms with Gasteiger partial charge in [0.05, 0.1) is 21.3 Å². The third-order valence-corrected chi connectivity index (χ3v) is 9.89. The molecular weight excluding hydrogens is 449 g/mol. The van der Waals surface area contributed by atoms with Crippen molar-refractivity contribution in [3.8, 4) is 0 Å². The molecule has 0 spiro atoms. The summed E-state index contributed by atoms with van der Waals surface area (Å²) in [5.41, 5.74) is 0.710. The summed E-state index contributed by atoms with van der Waals surface area (Å²) in [7, 11) is -4.18. The third-order valence-electron chi connectivity index (χ3n) is 7.33. The van der Waals surface area contributed by atoms with Crippen molar-refractivity contribution in [2.45, 2.75) is 47.6 Å². The minimum Gasteiger partial charge on any atom is -0.392 e. The van der Waals surface area contributed by atoms with Crippen LogP contribution in [0, 0.1) is 5.92 Å². The van der Waals surface area contributed by atoms with Crippen LogP contribution < -0.4 is 0 Å². The van der Waals surface area contributed by atoms with E-state index in [1.807, 2.05) is 48.6 Å². The SMILES string of the molecule is CC1(S(=O)(=O)c2cccc(C(F)(F)F)c2)CCC(O)C2C=Cc3c(ccc4ccccc34)C21. The van der Waals surface area contributed by atoms with Crippen LogP contribution in [0.2, 0.25) is 0 Å². The van der Waals surface area contributed by atoms with Crippen LogP contribution in [0.1, 0.15) is 42.4 Å². The van der Waals surface area contributed by atoms with Gasteiger partial charge in [0, 0.05) is 11.8 Å². The molecule has 33 heavy (non-hydrogen) atoms. The first-order valence-corrected chi connectivity index (χ1v) is 12.3. The van der Waals surface area contributed by atoms with Gasteiger partial charge in [-0.25, -0.2) is 8.42 Å². The minimum atomic E-state index is -4.64. The number of aliphatic hydroxyl groups excluding tert-OH is 1. The Balaban J connectivity index is 1.71. The van der Waals surface area contributed by atoms with Gasteiger partial charge in [-0.05, 0) is 59.9 Å². The highest BCUT2D eigenvalue weighted by molar-refractivity contribution is 7.92. The summed E-state index contributed by atoms with van der Waals surface area (Å²) in [6.45, 7) is 1.62. The van der Waals surface area contributed by atoms with Crippen molar-refractivity contribution < 1.29 is 26.7 Å². The summed E-state index contributed by atoms with van der Waals surface area (Å²) in [6.07, 6.45) is -1.17. The molecule has 1 saturated carbocycles. The molecule has 1 N–H and O–H groups in total. The highest BCUT2D eigenvalue weighted by atomic mass is 32.2. The van der Waals surface area contributed by atoms with Crippen molar-refractivity contribution in [3.63, 3.8) is 0 Å². The fourth-order valence-electron chi connectivity index (χ4n) is 5.57. The van der Waals surface area contributed by atoms with Gasteiger partial charge in [0.25, 0.3) is 0 Å². The number of rotatable bonds is 2. The summed E-state index contributed by atoms with van der Waals surface area (Å²) in [5, 5.41) is 12.8. The topological polar surface area (TPSA) is 54.4 Å². The van der Waals surface area contributed by atoms with E-state index in [-0.39, 0.29) is 17.7 Å². The number of hydrogen-bond donors (Lipinski definition) is 1. The van der Waals surface area contributed by atoms with E-state index in [0.29, 0.717) is 0 Å². The zero-order valence-electron chi connectivity index (χ0n) is 17.9. The average molecular weight is 473 g/mol. The fraction of sp³-hybridized carbons (Fsp3) is 0.308. The van der Waals surface area contributed by atoms with Gasteiger partial charge in [0.1, 0.15) is 0 Å². The summed E-state index contributed by atoms with van der Waals surface area (Å²) in [4.78, 5) is -0.341. The van der Waals surface area contributed by atoms with Crippen LogP contribution in [0.4, 0.5) is 13.2 Å². The lowest BCUT2D eigenvalue weighted by Gasteiger charge is -2.48. The van der Waals surface area contributed by atoms with Gasteiger partial charge in [-0.2, -0.15) is 13.2 Å². The normalized spacial score (nSPS) is 27.2. The number of sulfone groups is 1. The molecule has 0 aromatic heterocycles. The maximum atomic E-state index is 14.0.